The number of carbonyl (C=O) groups excluding carboxylic acids is 1. The first-order valence-corrected chi connectivity index (χ1v) is 11.7. The van der Waals surface area contributed by atoms with E-state index in [0.29, 0.717) is 19.0 Å². The molecule has 1 atom stereocenters. The van der Waals surface area contributed by atoms with Gasteiger partial charge in [-0.15, -0.1) is 0 Å². The summed E-state index contributed by atoms with van der Waals surface area (Å²) in [5, 5.41) is 3.44. The highest BCUT2D eigenvalue weighted by Gasteiger charge is 2.22. The van der Waals surface area contributed by atoms with Crippen molar-refractivity contribution in [1.29, 1.82) is 0 Å². The van der Waals surface area contributed by atoms with E-state index in [1.165, 1.54) is 23.1 Å². The Bertz CT molecular complexity index is 854. The molecular weight excluding hydrogens is 384 g/mol. The molecule has 3 rings (SSSR count). The fourth-order valence-electron chi connectivity index (χ4n) is 4.30. The number of aryl methyl sites for hydroxylation is 1. The van der Waals surface area contributed by atoms with Crippen LogP contribution in [0, 0.1) is 18.8 Å². The van der Waals surface area contributed by atoms with Gasteiger partial charge < -0.3 is 15.0 Å². The maximum atomic E-state index is 13.3. The Morgan fingerprint density at radius 1 is 1.13 bits per heavy atom. The zero-order chi connectivity index (χ0) is 22.2. The Labute approximate surface area is 189 Å². The van der Waals surface area contributed by atoms with Crippen LogP contribution < -0.4 is 10.1 Å². The normalized spacial score (nSPS) is 14.5. The van der Waals surface area contributed by atoms with Gasteiger partial charge in [-0.3, -0.25) is 4.79 Å². The zero-order valence-electron chi connectivity index (χ0n) is 19.6. The Hall–Kier alpha value is -2.33. The van der Waals surface area contributed by atoms with Gasteiger partial charge in [0.25, 0.3) is 0 Å². The third kappa shape index (κ3) is 6.83. The van der Waals surface area contributed by atoms with Gasteiger partial charge in [-0.05, 0) is 60.4 Å². The minimum Gasteiger partial charge on any atom is -0.493 e. The van der Waals surface area contributed by atoms with Gasteiger partial charge in [-0.2, -0.15) is 0 Å². The van der Waals surface area contributed by atoms with Crippen LogP contribution in [0.5, 0.6) is 5.75 Å². The molecule has 0 spiro atoms. The van der Waals surface area contributed by atoms with Gasteiger partial charge in [0, 0.05) is 33.5 Å². The fourth-order valence-corrected chi connectivity index (χ4v) is 4.30. The van der Waals surface area contributed by atoms with Crippen LogP contribution in [0.3, 0.4) is 0 Å². The van der Waals surface area contributed by atoms with Gasteiger partial charge in [-0.1, -0.05) is 57.2 Å². The highest BCUT2D eigenvalue weighted by molar-refractivity contribution is 5.78. The quantitative estimate of drug-likeness (QED) is 0.589. The molecule has 2 aromatic carbocycles. The first kappa shape index (κ1) is 23.3. The predicted molar refractivity (Wildman–Crippen MR) is 129 cm³/mol. The van der Waals surface area contributed by atoms with Crippen LogP contribution in [-0.4, -0.2) is 30.5 Å². The highest BCUT2D eigenvalue weighted by atomic mass is 16.5. The number of amides is 1. The van der Waals surface area contributed by atoms with E-state index in [-0.39, 0.29) is 13.3 Å². The van der Waals surface area contributed by atoms with E-state index >= 15 is 0 Å². The van der Waals surface area contributed by atoms with Gasteiger partial charge in [0.1, 0.15) is 5.75 Å². The maximum Gasteiger partial charge on any atom is 0.226 e. The lowest BCUT2D eigenvalue weighted by Crippen LogP contribution is -2.40. The summed E-state index contributed by atoms with van der Waals surface area (Å²) in [4.78, 5) is 15.3. The first-order chi connectivity index (χ1) is 14.9. The van der Waals surface area contributed by atoms with Gasteiger partial charge in [0.05, 0.1) is 6.61 Å². The Morgan fingerprint density at radius 3 is 2.65 bits per heavy atom. The molecule has 0 bridgehead atoms. The molecular formula is C27H40N2O2. The smallest absolute Gasteiger partial charge is 0.226 e. The molecule has 4 nitrogen and oxygen atoms in total. The van der Waals surface area contributed by atoms with Crippen molar-refractivity contribution in [2.24, 2.45) is 11.8 Å². The Kier molecular flexibility index (Phi) is 8.53. The molecule has 1 heterocycles. The summed E-state index contributed by atoms with van der Waals surface area (Å²) in [6, 6.07) is 14.7. The predicted octanol–water partition coefficient (Wildman–Crippen LogP) is 5.37. The topological polar surface area (TPSA) is 41.6 Å². The van der Waals surface area contributed by atoms with Crippen molar-refractivity contribution in [3.8, 4) is 5.75 Å². The number of nitrogens with one attached hydrogen (secondary N) is 1. The number of benzene rings is 2. The van der Waals surface area contributed by atoms with Crippen molar-refractivity contribution in [2.45, 2.75) is 60.0 Å². The minimum atomic E-state index is -0.0689. The van der Waals surface area contributed by atoms with E-state index in [1.54, 1.807) is 0 Å². The fraction of sp³-hybridized carbons (Fsp3) is 0.519. The van der Waals surface area contributed by atoms with Crippen molar-refractivity contribution >= 4 is 5.91 Å². The molecule has 0 fully saturated rings. The van der Waals surface area contributed by atoms with Gasteiger partial charge in [0.2, 0.25) is 5.91 Å². The number of nitrogens with zero attached hydrogens (tertiary/aromatic N) is 1. The van der Waals surface area contributed by atoms with Crippen LogP contribution >= 0.6 is 0 Å². The summed E-state index contributed by atoms with van der Waals surface area (Å²) in [5.74, 6) is 1.58. The second-order valence-electron chi connectivity index (χ2n) is 9.33. The lowest BCUT2D eigenvalue weighted by atomic mass is 9.99. The molecule has 1 unspecified atom stereocenters. The average Bonchev–Trinajstić information content (AvgIpc) is 2.99. The van der Waals surface area contributed by atoms with Gasteiger partial charge in [0.15, 0.2) is 0 Å². The molecule has 1 aliphatic rings. The second-order valence-corrected chi connectivity index (χ2v) is 9.33. The summed E-state index contributed by atoms with van der Waals surface area (Å²) in [5.41, 5.74) is 5.02. The summed E-state index contributed by atoms with van der Waals surface area (Å²) in [7, 11) is 0. The average molecular weight is 425 g/mol. The van der Waals surface area contributed by atoms with Crippen molar-refractivity contribution in [2.75, 3.05) is 19.7 Å². The van der Waals surface area contributed by atoms with Gasteiger partial charge >= 0.3 is 0 Å². The lowest BCUT2D eigenvalue weighted by molar-refractivity contribution is -0.136. The van der Waals surface area contributed by atoms with E-state index in [9.17, 15) is 4.79 Å². The van der Waals surface area contributed by atoms with E-state index in [0.717, 1.165) is 43.9 Å². The number of hydrogen-bond donors (Lipinski definition) is 1. The molecule has 1 aliphatic heterocycles. The molecule has 0 aliphatic carbocycles. The van der Waals surface area contributed by atoms with Crippen LogP contribution in [-0.2, 0) is 24.3 Å². The van der Waals surface area contributed by atoms with Crippen LogP contribution in [0.2, 0.25) is 0 Å². The van der Waals surface area contributed by atoms with Crippen molar-refractivity contribution < 1.29 is 11.0 Å². The molecule has 170 valence electrons. The molecule has 1 N–H and O–H groups in total. The van der Waals surface area contributed by atoms with Crippen molar-refractivity contribution in [3.05, 3.63) is 64.7 Å². The molecule has 31 heavy (non-hydrogen) atoms. The van der Waals surface area contributed by atoms with Crippen LogP contribution in [0.25, 0.3) is 0 Å². The minimum absolute atomic E-state index is 0. The van der Waals surface area contributed by atoms with Gasteiger partial charge in [-0.25, -0.2) is 0 Å². The van der Waals surface area contributed by atoms with E-state index in [4.69, 9.17) is 4.74 Å². The number of rotatable bonds is 9. The summed E-state index contributed by atoms with van der Waals surface area (Å²) >= 11 is 0. The summed E-state index contributed by atoms with van der Waals surface area (Å²) in [6.45, 7) is 12.2. The SMILES string of the molecule is Cc1cc(CN(CC(C)C)C(=O)C(C)CNCc2ccccc2)cc2c1CCCCO2.[HH]. The van der Waals surface area contributed by atoms with Crippen LogP contribution in [0.4, 0.5) is 0 Å². The molecule has 0 aromatic heterocycles. The van der Waals surface area contributed by atoms with Crippen molar-refractivity contribution in [3.63, 3.8) is 0 Å². The highest BCUT2D eigenvalue weighted by Crippen LogP contribution is 2.29. The largest absolute Gasteiger partial charge is 0.493 e. The first-order valence-electron chi connectivity index (χ1n) is 11.7. The zero-order valence-corrected chi connectivity index (χ0v) is 19.6. The summed E-state index contributed by atoms with van der Waals surface area (Å²) in [6.07, 6.45) is 3.37. The Balaban J connectivity index is 0.00000363. The van der Waals surface area contributed by atoms with E-state index in [1.807, 2.05) is 30.0 Å². The third-order valence-electron chi connectivity index (χ3n) is 5.89. The molecule has 0 saturated carbocycles. The molecule has 0 radical (unpaired) electrons. The van der Waals surface area contributed by atoms with Crippen LogP contribution in [0.15, 0.2) is 42.5 Å². The number of ether oxygens (including phenoxy) is 1. The van der Waals surface area contributed by atoms with Crippen LogP contribution in [0.1, 0.15) is 57.3 Å². The third-order valence-corrected chi connectivity index (χ3v) is 5.89. The Morgan fingerprint density at radius 2 is 1.90 bits per heavy atom. The number of carbonyl (C=O) groups is 1. The second kappa shape index (κ2) is 11.3. The van der Waals surface area contributed by atoms with E-state index < -0.39 is 0 Å². The molecule has 2 aromatic rings. The van der Waals surface area contributed by atoms with E-state index in [2.05, 4.69) is 50.4 Å². The number of hydrogen-bond acceptors (Lipinski definition) is 3. The van der Waals surface area contributed by atoms with Crippen molar-refractivity contribution in [1.82, 2.24) is 10.2 Å². The number of fused-ring (bicyclic) bond motifs is 1. The molecule has 4 heteroatoms. The molecule has 0 saturated heterocycles. The standard InChI is InChI=1S/C27H38N2O2.H2/c1-20(2)18-29(27(30)22(4)16-28-17-23-10-6-5-7-11-23)19-24-14-21(3)25-12-8-9-13-31-26(25)15-24;/h5-7,10-11,14-15,20,22,28H,8-9,12-13,16-19H2,1-4H3;1H. The summed E-state index contributed by atoms with van der Waals surface area (Å²) < 4.78 is 6.02. The monoisotopic (exact) mass is 424 g/mol. The lowest BCUT2D eigenvalue weighted by Gasteiger charge is -2.28. The molecule has 1 amide bonds. The maximum absolute atomic E-state index is 13.3.